The van der Waals surface area contributed by atoms with E-state index in [1.807, 2.05) is 44.2 Å². The predicted octanol–water partition coefficient (Wildman–Crippen LogP) is 4.94. The molecular formula is C23H30N2O2. The molecule has 4 nitrogen and oxygen atoms in total. The third kappa shape index (κ3) is 5.19. The maximum absolute atomic E-state index is 12.9. The number of nitrogens with one attached hydrogen (secondary N) is 1. The predicted molar refractivity (Wildman–Crippen MR) is 111 cm³/mol. The lowest BCUT2D eigenvalue weighted by Gasteiger charge is -2.23. The summed E-state index contributed by atoms with van der Waals surface area (Å²) in [4.78, 5) is 27.1. The molecule has 2 amide bonds. The van der Waals surface area contributed by atoms with E-state index in [1.165, 1.54) is 0 Å². The van der Waals surface area contributed by atoms with Crippen LogP contribution in [0.25, 0.3) is 0 Å². The Morgan fingerprint density at radius 3 is 2.04 bits per heavy atom. The number of hydrogen-bond donors (Lipinski definition) is 1. The number of hydrogen-bond acceptors (Lipinski definition) is 2. The Labute approximate surface area is 162 Å². The molecule has 0 saturated carbocycles. The third-order valence-corrected chi connectivity index (χ3v) is 5.10. The minimum Gasteiger partial charge on any atom is -0.339 e. The van der Waals surface area contributed by atoms with E-state index in [9.17, 15) is 9.59 Å². The second kappa shape index (κ2) is 9.91. The number of rotatable bonds is 8. The van der Waals surface area contributed by atoms with Crippen LogP contribution in [0.1, 0.15) is 56.0 Å². The van der Waals surface area contributed by atoms with Gasteiger partial charge in [-0.1, -0.05) is 50.6 Å². The van der Waals surface area contributed by atoms with Crippen LogP contribution in [0.3, 0.4) is 0 Å². The Bertz CT molecular complexity index is 737. The molecule has 0 aromatic heterocycles. The molecule has 0 spiro atoms. The molecule has 0 bridgehead atoms. The number of carbonyl (C=O) groups is 2. The number of carbonyl (C=O) groups excluding carboxylic acids is 2. The van der Waals surface area contributed by atoms with Gasteiger partial charge in [-0.3, -0.25) is 9.59 Å². The average molecular weight is 367 g/mol. The zero-order valence-corrected chi connectivity index (χ0v) is 16.7. The second-order valence-electron chi connectivity index (χ2n) is 6.82. The number of amides is 2. The monoisotopic (exact) mass is 366 g/mol. The second-order valence-corrected chi connectivity index (χ2v) is 6.82. The molecule has 0 saturated heterocycles. The van der Waals surface area contributed by atoms with Crippen molar-refractivity contribution in [3.8, 4) is 0 Å². The van der Waals surface area contributed by atoms with Crippen LogP contribution in [0.5, 0.6) is 0 Å². The van der Waals surface area contributed by atoms with Gasteiger partial charge in [0, 0.05) is 24.3 Å². The van der Waals surface area contributed by atoms with E-state index in [0.717, 1.165) is 12.0 Å². The third-order valence-electron chi connectivity index (χ3n) is 5.10. The van der Waals surface area contributed by atoms with E-state index in [2.05, 4.69) is 19.2 Å². The van der Waals surface area contributed by atoms with E-state index in [4.69, 9.17) is 0 Å². The van der Waals surface area contributed by atoms with Crippen LogP contribution in [0.4, 0.5) is 5.69 Å². The molecule has 0 aliphatic heterocycles. The van der Waals surface area contributed by atoms with Crippen LogP contribution in [0, 0.1) is 5.92 Å². The molecule has 0 fully saturated rings. The van der Waals surface area contributed by atoms with Crippen LogP contribution >= 0.6 is 0 Å². The number of benzene rings is 2. The highest BCUT2D eigenvalue weighted by Crippen LogP contribution is 2.28. The fourth-order valence-corrected chi connectivity index (χ4v) is 3.24. The van der Waals surface area contributed by atoms with Gasteiger partial charge in [-0.25, -0.2) is 0 Å². The zero-order valence-electron chi connectivity index (χ0n) is 16.7. The van der Waals surface area contributed by atoms with Gasteiger partial charge in [0.05, 0.1) is 5.92 Å². The maximum atomic E-state index is 12.9. The van der Waals surface area contributed by atoms with Gasteiger partial charge in [0.1, 0.15) is 0 Å². The first kappa shape index (κ1) is 20.7. The Morgan fingerprint density at radius 2 is 1.52 bits per heavy atom. The van der Waals surface area contributed by atoms with Crippen molar-refractivity contribution in [3.05, 3.63) is 65.7 Å². The molecule has 2 atom stereocenters. The molecule has 0 aliphatic carbocycles. The Hall–Kier alpha value is -2.62. The van der Waals surface area contributed by atoms with E-state index >= 15 is 0 Å². The molecule has 144 valence electrons. The molecule has 2 aromatic carbocycles. The zero-order chi connectivity index (χ0) is 19.8. The van der Waals surface area contributed by atoms with Gasteiger partial charge in [0.15, 0.2) is 0 Å². The lowest BCUT2D eigenvalue weighted by molar-refractivity contribution is -0.118. The summed E-state index contributed by atoms with van der Waals surface area (Å²) < 4.78 is 0. The molecule has 1 N–H and O–H groups in total. The maximum Gasteiger partial charge on any atom is 0.253 e. The van der Waals surface area contributed by atoms with Crippen molar-refractivity contribution in [3.63, 3.8) is 0 Å². The molecule has 0 radical (unpaired) electrons. The first-order valence-corrected chi connectivity index (χ1v) is 9.76. The van der Waals surface area contributed by atoms with Crippen molar-refractivity contribution in [1.82, 2.24) is 4.90 Å². The van der Waals surface area contributed by atoms with Crippen molar-refractivity contribution in [1.29, 1.82) is 0 Å². The molecule has 4 heteroatoms. The number of nitrogens with zero attached hydrogens (tertiary/aromatic N) is 1. The molecule has 2 rings (SSSR count). The van der Waals surface area contributed by atoms with Crippen molar-refractivity contribution >= 4 is 17.5 Å². The van der Waals surface area contributed by atoms with E-state index in [-0.39, 0.29) is 23.7 Å². The summed E-state index contributed by atoms with van der Waals surface area (Å²) in [5, 5.41) is 3.02. The molecular weight excluding hydrogens is 336 g/mol. The highest BCUT2D eigenvalue weighted by atomic mass is 16.2. The van der Waals surface area contributed by atoms with Gasteiger partial charge in [0.2, 0.25) is 5.91 Å². The molecule has 2 unspecified atom stereocenters. The lowest BCUT2D eigenvalue weighted by Crippen LogP contribution is -2.30. The fraction of sp³-hybridized carbons (Fsp3) is 0.391. The Morgan fingerprint density at radius 1 is 0.926 bits per heavy atom. The molecule has 2 aromatic rings. The van der Waals surface area contributed by atoms with Crippen LogP contribution in [0.2, 0.25) is 0 Å². The molecule has 0 heterocycles. The first-order chi connectivity index (χ1) is 13.0. The van der Waals surface area contributed by atoms with Gasteiger partial charge in [-0.2, -0.15) is 0 Å². The summed E-state index contributed by atoms with van der Waals surface area (Å²) in [6.07, 6.45) is 0.921. The van der Waals surface area contributed by atoms with Crippen molar-refractivity contribution < 1.29 is 9.59 Å². The van der Waals surface area contributed by atoms with Crippen molar-refractivity contribution in [2.24, 2.45) is 5.92 Å². The SMILES string of the molecule is CCC(C)C(C(=O)Nc1ccc(C(=O)N(CC)CC)cc1)c1ccccc1. The average Bonchev–Trinajstić information content (AvgIpc) is 2.70. The summed E-state index contributed by atoms with van der Waals surface area (Å²) in [5.41, 5.74) is 2.37. The normalized spacial score (nSPS) is 12.9. The molecule has 0 aliphatic rings. The largest absolute Gasteiger partial charge is 0.339 e. The van der Waals surface area contributed by atoms with E-state index in [1.54, 1.807) is 29.2 Å². The van der Waals surface area contributed by atoms with Crippen LogP contribution in [0.15, 0.2) is 54.6 Å². The van der Waals surface area contributed by atoms with E-state index < -0.39 is 0 Å². The molecule has 27 heavy (non-hydrogen) atoms. The Balaban J connectivity index is 2.15. The van der Waals surface area contributed by atoms with Gasteiger partial charge in [-0.15, -0.1) is 0 Å². The van der Waals surface area contributed by atoms with Crippen LogP contribution in [-0.4, -0.2) is 29.8 Å². The first-order valence-electron chi connectivity index (χ1n) is 9.76. The van der Waals surface area contributed by atoms with Crippen molar-refractivity contribution in [2.45, 2.75) is 40.0 Å². The topological polar surface area (TPSA) is 49.4 Å². The van der Waals surface area contributed by atoms with Crippen LogP contribution < -0.4 is 5.32 Å². The highest BCUT2D eigenvalue weighted by molar-refractivity contribution is 5.97. The summed E-state index contributed by atoms with van der Waals surface area (Å²) in [6, 6.07) is 17.0. The minimum atomic E-state index is -0.201. The lowest BCUT2D eigenvalue weighted by atomic mass is 9.85. The van der Waals surface area contributed by atoms with Gasteiger partial charge in [-0.05, 0) is 49.6 Å². The summed E-state index contributed by atoms with van der Waals surface area (Å²) in [7, 11) is 0. The summed E-state index contributed by atoms with van der Waals surface area (Å²) in [5.74, 6) is 0.0297. The van der Waals surface area contributed by atoms with E-state index in [0.29, 0.717) is 24.3 Å². The van der Waals surface area contributed by atoms with Gasteiger partial charge >= 0.3 is 0 Å². The van der Waals surface area contributed by atoms with Crippen LogP contribution in [-0.2, 0) is 4.79 Å². The van der Waals surface area contributed by atoms with Gasteiger partial charge in [0.25, 0.3) is 5.91 Å². The highest BCUT2D eigenvalue weighted by Gasteiger charge is 2.25. The smallest absolute Gasteiger partial charge is 0.253 e. The Kier molecular flexibility index (Phi) is 7.59. The van der Waals surface area contributed by atoms with Crippen molar-refractivity contribution in [2.75, 3.05) is 18.4 Å². The summed E-state index contributed by atoms with van der Waals surface area (Å²) >= 11 is 0. The fourth-order valence-electron chi connectivity index (χ4n) is 3.24. The van der Waals surface area contributed by atoms with Gasteiger partial charge < -0.3 is 10.2 Å². The summed E-state index contributed by atoms with van der Waals surface area (Å²) in [6.45, 7) is 9.50. The quantitative estimate of drug-likeness (QED) is 0.719. The minimum absolute atomic E-state index is 0.0136. The standard InChI is InChI=1S/C23H30N2O2/c1-5-17(4)21(18-11-9-8-10-12-18)22(26)24-20-15-13-19(14-16-20)23(27)25(6-2)7-3/h8-17,21H,5-7H2,1-4H3,(H,24,26). The number of anilines is 1.